The molecule has 5 rings (SSSR count). The Hall–Kier alpha value is -5.77. The number of benzene rings is 4. The molecule has 0 aliphatic heterocycles. The Morgan fingerprint density at radius 2 is 0.923 bits per heavy atom. The van der Waals surface area contributed by atoms with Crippen LogP contribution < -0.4 is 14.4 Å². The van der Waals surface area contributed by atoms with E-state index in [1.807, 2.05) is 60.7 Å². The highest BCUT2D eigenvalue weighted by molar-refractivity contribution is 5.91. The number of carboxylic acid groups (broad SMARTS) is 2. The van der Waals surface area contributed by atoms with Crippen molar-refractivity contribution in [3.05, 3.63) is 120 Å². The van der Waals surface area contributed by atoms with Gasteiger partial charge in [0.1, 0.15) is 22.6 Å². The zero-order chi connectivity index (χ0) is 27.2. The molecular weight excluding hydrogens is 500 g/mol. The van der Waals surface area contributed by atoms with Crippen molar-refractivity contribution in [3.8, 4) is 23.5 Å². The van der Waals surface area contributed by atoms with E-state index < -0.39 is 11.9 Å². The highest BCUT2D eigenvalue weighted by Crippen LogP contribution is 2.35. The average molecular weight is 521 g/mol. The first kappa shape index (κ1) is 24.9. The summed E-state index contributed by atoms with van der Waals surface area (Å²) < 4.78 is 11.6. The third-order valence-corrected chi connectivity index (χ3v) is 5.45. The van der Waals surface area contributed by atoms with Crippen LogP contribution in [-0.4, -0.2) is 37.1 Å². The van der Waals surface area contributed by atoms with Gasteiger partial charge in [0.2, 0.25) is 5.95 Å². The fraction of sp³-hybridized carbons (Fsp3) is 0. The summed E-state index contributed by atoms with van der Waals surface area (Å²) in [5.74, 6) is -2.29. The lowest BCUT2D eigenvalue weighted by atomic mass is 10.2. The molecule has 0 fully saturated rings. The predicted molar refractivity (Wildman–Crippen MR) is 141 cm³/mol. The van der Waals surface area contributed by atoms with Gasteiger partial charge in [0.15, 0.2) is 0 Å². The van der Waals surface area contributed by atoms with E-state index in [9.17, 15) is 19.8 Å². The highest BCUT2D eigenvalue weighted by Gasteiger charge is 2.22. The molecule has 10 heteroatoms. The Morgan fingerprint density at radius 1 is 0.538 bits per heavy atom. The molecule has 0 saturated carbocycles. The SMILES string of the molecule is O=C(O)c1ccccc1Oc1nc(Oc2ccccc2C(=O)O)nc(N(c2ccccc2)c2ccccc2)n1. The number of carbonyl (C=O) groups is 2. The molecule has 0 aliphatic carbocycles. The molecular formula is C29H20N4O6. The molecule has 5 aromatic rings. The summed E-state index contributed by atoms with van der Waals surface area (Å²) in [6.45, 7) is 0. The van der Waals surface area contributed by atoms with Gasteiger partial charge in [0, 0.05) is 11.4 Å². The Balaban J connectivity index is 1.66. The summed E-state index contributed by atoms with van der Waals surface area (Å²) in [5.41, 5.74) is 1.23. The maximum atomic E-state index is 11.7. The van der Waals surface area contributed by atoms with E-state index in [0.717, 1.165) is 0 Å². The maximum absolute atomic E-state index is 11.7. The highest BCUT2D eigenvalue weighted by atomic mass is 16.5. The molecule has 1 heterocycles. The summed E-state index contributed by atoms with van der Waals surface area (Å²) in [7, 11) is 0. The van der Waals surface area contributed by atoms with Gasteiger partial charge in [-0.3, -0.25) is 4.90 Å². The number of aromatic carboxylic acids is 2. The normalized spacial score (nSPS) is 10.5. The van der Waals surface area contributed by atoms with Gasteiger partial charge >= 0.3 is 24.0 Å². The molecule has 0 saturated heterocycles. The van der Waals surface area contributed by atoms with Crippen molar-refractivity contribution in [1.29, 1.82) is 0 Å². The summed E-state index contributed by atoms with van der Waals surface area (Å²) in [5, 5.41) is 19.2. The van der Waals surface area contributed by atoms with E-state index in [2.05, 4.69) is 15.0 Å². The second-order valence-corrected chi connectivity index (χ2v) is 8.01. The Kier molecular flexibility index (Phi) is 7.08. The molecule has 192 valence electrons. The second kappa shape index (κ2) is 11.1. The summed E-state index contributed by atoms with van der Waals surface area (Å²) >= 11 is 0. The van der Waals surface area contributed by atoms with Gasteiger partial charge in [-0.05, 0) is 48.5 Å². The number of anilines is 3. The van der Waals surface area contributed by atoms with Crippen LogP contribution in [0.4, 0.5) is 17.3 Å². The molecule has 10 nitrogen and oxygen atoms in total. The van der Waals surface area contributed by atoms with Crippen molar-refractivity contribution in [3.63, 3.8) is 0 Å². The lowest BCUT2D eigenvalue weighted by Gasteiger charge is -2.23. The zero-order valence-corrected chi connectivity index (χ0v) is 20.2. The van der Waals surface area contributed by atoms with Crippen molar-refractivity contribution in [1.82, 2.24) is 15.0 Å². The van der Waals surface area contributed by atoms with E-state index >= 15 is 0 Å². The molecule has 1 aromatic heterocycles. The fourth-order valence-corrected chi connectivity index (χ4v) is 3.71. The molecule has 0 unspecified atom stereocenters. The van der Waals surface area contributed by atoms with Crippen LogP contribution in [0.15, 0.2) is 109 Å². The summed E-state index contributed by atoms with van der Waals surface area (Å²) in [6.07, 6.45) is 0. The van der Waals surface area contributed by atoms with Gasteiger partial charge in [-0.15, -0.1) is 4.98 Å². The molecule has 0 atom stereocenters. The number of hydrogen-bond donors (Lipinski definition) is 2. The number of hydrogen-bond acceptors (Lipinski definition) is 8. The number of nitrogens with zero attached hydrogens (tertiary/aromatic N) is 4. The van der Waals surface area contributed by atoms with Gasteiger partial charge in [-0.25, -0.2) is 9.59 Å². The van der Waals surface area contributed by atoms with Crippen LogP contribution in [-0.2, 0) is 0 Å². The minimum atomic E-state index is -1.19. The lowest BCUT2D eigenvalue weighted by Crippen LogP contribution is -2.15. The topological polar surface area (TPSA) is 135 Å². The van der Waals surface area contributed by atoms with E-state index in [0.29, 0.717) is 11.4 Å². The lowest BCUT2D eigenvalue weighted by molar-refractivity contribution is 0.0683. The van der Waals surface area contributed by atoms with Gasteiger partial charge in [0.25, 0.3) is 0 Å². The van der Waals surface area contributed by atoms with Gasteiger partial charge in [-0.2, -0.15) is 9.97 Å². The summed E-state index contributed by atoms with van der Waals surface area (Å²) in [6, 6.07) is 30.2. The number of para-hydroxylation sites is 4. The third-order valence-electron chi connectivity index (χ3n) is 5.45. The Bertz CT molecular complexity index is 1510. The van der Waals surface area contributed by atoms with E-state index in [1.165, 1.54) is 24.3 Å². The van der Waals surface area contributed by atoms with Gasteiger partial charge in [-0.1, -0.05) is 60.7 Å². The molecule has 4 aromatic carbocycles. The number of ether oxygens (including phenoxy) is 2. The Labute approximate surface area is 222 Å². The van der Waals surface area contributed by atoms with E-state index in [4.69, 9.17) is 9.47 Å². The van der Waals surface area contributed by atoms with E-state index in [1.54, 1.807) is 29.2 Å². The quantitative estimate of drug-likeness (QED) is 0.227. The molecule has 0 aliphatic rings. The van der Waals surface area contributed by atoms with Crippen LogP contribution in [0.1, 0.15) is 20.7 Å². The average Bonchev–Trinajstić information content (AvgIpc) is 2.95. The van der Waals surface area contributed by atoms with Crippen molar-refractivity contribution in [2.24, 2.45) is 0 Å². The number of carboxylic acids is 2. The number of aromatic nitrogens is 3. The largest absolute Gasteiger partial charge is 0.478 e. The molecule has 0 radical (unpaired) electrons. The van der Waals surface area contributed by atoms with Crippen molar-refractivity contribution in [2.75, 3.05) is 4.90 Å². The molecule has 0 spiro atoms. The predicted octanol–water partition coefficient (Wildman–Crippen LogP) is 6.32. The molecule has 39 heavy (non-hydrogen) atoms. The summed E-state index contributed by atoms with van der Waals surface area (Å²) in [4.78, 5) is 38.4. The van der Waals surface area contributed by atoms with Crippen molar-refractivity contribution >= 4 is 29.3 Å². The monoisotopic (exact) mass is 520 g/mol. The van der Waals surface area contributed by atoms with E-state index in [-0.39, 0.29) is 40.6 Å². The van der Waals surface area contributed by atoms with Crippen LogP contribution in [0.2, 0.25) is 0 Å². The standard InChI is InChI=1S/C29H20N4O6/c34-25(35)21-15-7-9-17-23(21)38-28-30-27(31-29(32-28)39-24-18-10-8-16-22(24)26(36)37)33(19-11-3-1-4-12-19)20-13-5-2-6-14-20/h1-18H,(H,34,35)(H,36,37). The first-order chi connectivity index (χ1) is 19.0. The maximum Gasteiger partial charge on any atom is 0.339 e. The minimum Gasteiger partial charge on any atom is -0.478 e. The first-order valence-electron chi connectivity index (χ1n) is 11.7. The van der Waals surface area contributed by atoms with Gasteiger partial charge in [0.05, 0.1) is 0 Å². The molecule has 2 N–H and O–H groups in total. The molecule has 0 bridgehead atoms. The van der Waals surface area contributed by atoms with Gasteiger partial charge < -0.3 is 19.7 Å². The van der Waals surface area contributed by atoms with Crippen LogP contribution in [0, 0.1) is 0 Å². The number of rotatable bonds is 9. The zero-order valence-electron chi connectivity index (χ0n) is 20.2. The van der Waals surface area contributed by atoms with Crippen LogP contribution in [0.25, 0.3) is 0 Å². The van der Waals surface area contributed by atoms with Crippen LogP contribution in [0.5, 0.6) is 23.5 Å². The first-order valence-corrected chi connectivity index (χ1v) is 11.7. The van der Waals surface area contributed by atoms with Crippen LogP contribution >= 0.6 is 0 Å². The second-order valence-electron chi connectivity index (χ2n) is 8.01. The fourth-order valence-electron chi connectivity index (χ4n) is 3.71. The minimum absolute atomic E-state index is 0.00464. The van der Waals surface area contributed by atoms with Crippen LogP contribution in [0.3, 0.4) is 0 Å². The Morgan fingerprint density at radius 3 is 1.33 bits per heavy atom. The van der Waals surface area contributed by atoms with Crippen molar-refractivity contribution < 1.29 is 29.3 Å². The smallest absolute Gasteiger partial charge is 0.339 e. The third kappa shape index (κ3) is 5.65. The van der Waals surface area contributed by atoms with Crippen molar-refractivity contribution in [2.45, 2.75) is 0 Å². The molecule has 0 amide bonds.